The van der Waals surface area contributed by atoms with Gasteiger partial charge in [-0.1, -0.05) is 12.5 Å². The van der Waals surface area contributed by atoms with E-state index < -0.39 is 0 Å². The van der Waals surface area contributed by atoms with Crippen molar-refractivity contribution in [2.45, 2.75) is 52.9 Å². The molecule has 0 spiro atoms. The summed E-state index contributed by atoms with van der Waals surface area (Å²) >= 11 is 0. The summed E-state index contributed by atoms with van der Waals surface area (Å²) < 4.78 is 16.0. The first-order chi connectivity index (χ1) is 14.1. The Morgan fingerprint density at radius 2 is 1.76 bits per heavy atom. The Kier molecular flexibility index (Phi) is 13.1. The van der Waals surface area contributed by atoms with Gasteiger partial charge in [0.2, 0.25) is 0 Å². The van der Waals surface area contributed by atoms with E-state index in [2.05, 4.69) is 26.4 Å². The normalized spacial score (nSPS) is 11.1. The number of rotatable bonds is 14. The van der Waals surface area contributed by atoms with Crippen LogP contribution in [0.15, 0.2) is 23.2 Å². The highest BCUT2D eigenvalue weighted by molar-refractivity contribution is 5.79. The molecule has 2 N–H and O–H groups in total. The minimum Gasteiger partial charge on any atom is -0.490 e. The van der Waals surface area contributed by atoms with E-state index in [-0.39, 0.29) is 5.97 Å². The van der Waals surface area contributed by atoms with Crippen LogP contribution in [0.3, 0.4) is 0 Å². The molecule has 0 fully saturated rings. The van der Waals surface area contributed by atoms with Crippen molar-refractivity contribution < 1.29 is 19.0 Å². The molecule has 0 aliphatic rings. The number of unbranched alkanes of at least 4 members (excludes halogenated alkanes) is 2. The average molecular weight is 408 g/mol. The van der Waals surface area contributed by atoms with Crippen LogP contribution in [-0.4, -0.2) is 51.9 Å². The molecule has 0 amide bonds. The largest absolute Gasteiger partial charge is 0.490 e. The molecule has 7 heteroatoms. The molecule has 29 heavy (non-hydrogen) atoms. The highest BCUT2D eigenvalue weighted by Crippen LogP contribution is 2.28. The number of ether oxygens (including phenoxy) is 3. The Morgan fingerprint density at radius 1 is 1.00 bits per heavy atom. The first-order valence-corrected chi connectivity index (χ1v) is 10.6. The third-order valence-electron chi connectivity index (χ3n) is 4.19. The topological polar surface area (TPSA) is 81.2 Å². The molecule has 0 aliphatic carbocycles. The maximum atomic E-state index is 11.1. The zero-order valence-electron chi connectivity index (χ0n) is 18.4. The minimum atomic E-state index is -0.148. The second kappa shape index (κ2) is 15.5. The van der Waals surface area contributed by atoms with E-state index >= 15 is 0 Å². The van der Waals surface area contributed by atoms with Gasteiger partial charge in [-0.2, -0.15) is 0 Å². The Hall–Kier alpha value is -2.44. The van der Waals surface area contributed by atoms with Crippen LogP contribution in [0, 0.1) is 0 Å². The zero-order chi connectivity index (χ0) is 21.3. The lowest BCUT2D eigenvalue weighted by Gasteiger charge is -2.14. The molecule has 1 aromatic carbocycles. The highest BCUT2D eigenvalue weighted by Gasteiger charge is 2.06. The number of carbonyl (C=O) groups excluding carboxylic acids is 1. The number of guanidine groups is 1. The fourth-order valence-corrected chi connectivity index (χ4v) is 2.77. The Morgan fingerprint density at radius 3 is 2.45 bits per heavy atom. The molecular weight excluding hydrogens is 370 g/mol. The highest BCUT2D eigenvalue weighted by atomic mass is 16.5. The van der Waals surface area contributed by atoms with Crippen molar-refractivity contribution in [3.63, 3.8) is 0 Å². The van der Waals surface area contributed by atoms with E-state index in [0.29, 0.717) is 19.6 Å². The van der Waals surface area contributed by atoms with E-state index in [1.54, 1.807) is 0 Å². The fourth-order valence-electron chi connectivity index (χ4n) is 2.77. The van der Waals surface area contributed by atoms with Gasteiger partial charge in [0.05, 0.1) is 20.3 Å². The predicted molar refractivity (Wildman–Crippen MR) is 117 cm³/mol. The van der Waals surface area contributed by atoms with E-state index in [9.17, 15) is 4.79 Å². The second-order valence-corrected chi connectivity index (χ2v) is 6.47. The average Bonchev–Trinajstić information content (AvgIpc) is 2.72. The zero-order valence-corrected chi connectivity index (χ0v) is 18.4. The number of hydrogen-bond donors (Lipinski definition) is 2. The van der Waals surface area contributed by atoms with Gasteiger partial charge in [0.15, 0.2) is 17.5 Å². The molecule has 1 rings (SSSR count). The molecule has 0 bridgehead atoms. The number of benzene rings is 1. The molecule has 0 radical (unpaired) electrons. The van der Waals surface area contributed by atoms with Gasteiger partial charge in [0.25, 0.3) is 0 Å². The number of hydrogen-bond acceptors (Lipinski definition) is 5. The van der Waals surface area contributed by atoms with E-state index in [1.165, 1.54) is 12.7 Å². The van der Waals surface area contributed by atoms with Crippen LogP contribution < -0.4 is 20.1 Å². The van der Waals surface area contributed by atoms with Crippen LogP contribution in [0.25, 0.3) is 0 Å². The number of methoxy groups -OCH3 is 1. The summed E-state index contributed by atoms with van der Waals surface area (Å²) in [6.45, 7) is 9.53. The lowest BCUT2D eigenvalue weighted by Crippen LogP contribution is -2.38. The molecule has 0 aliphatic heterocycles. The third-order valence-corrected chi connectivity index (χ3v) is 4.19. The smallest absolute Gasteiger partial charge is 0.305 e. The van der Waals surface area contributed by atoms with Crippen LogP contribution in [0.1, 0.15) is 52.0 Å². The first kappa shape index (κ1) is 24.6. The summed E-state index contributed by atoms with van der Waals surface area (Å²) in [5, 5.41) is 6.64. The Bertz CT molecular complexity index is 620. The summed E-state index contributed by atoms with van der Waals surface area (Å²) in [7, 11) is 1.42. The van der Waals surface area contributed by atoms with E-state index in [4.69, 9.17) is 9.47 Å². The molecule has 0 saturated heterocycles. The summed E-state index contributed by atoms with van der Waals surface area (Å²) in [5.41, 5.74) is 1.18. The van der Waals surface area contributed by atoms with Crippen molar-refractivity contribution in [2.24, 2.45) is 4.99 Å². The van der Waals surface area contributed by atoms with Crippen molar-refractivity contribution in [2.75, 3.05) is 40.0 Å². The van der Waals surface area contributed by atoms with Crippen LogP contribution in [0.5, 0.6) is 11.5 Å². The maximum absolute atomic E-state index is 11.1. The second-order valence-electron chi connectivity index (χ2n) is 6.47. The van der Waals surface area contributed by atoms with Gasteiger partial charge < -0.3 is 24.8 Å². The number of carbonyl (C=O) groups is 1. The van der Waals surface area contributed by atoms with E-state index in [0.717, 1.165) is 62.8 Å². The molecule has 0 aromatic heterocycles. The van der Waals surface area contributed by atoms with Crippen LogP contribution >= 0.6 is 0 Å². The van der Waals surface area contributed by atoms with Gasteiger partial charge in [0.1, 0.15) is 0 Å². The number of esters is 1. The number of nitrogens with zero attached hydrogens (tertiary/aromatic N) is 1. The van der Waals surface area contributed by atoms with Crippen LogP contribution in [-0.2, 0) is 16.0 Å². The van der Waals surface area contributed by atoms with Gasteiger partial charge in [-0.3, -0.25) is 9.79 Å². The van der Waals surface area contributed by atoms with Crippen LogP contribution in [0.4, 0.5) is 0 Å². The van der Waals surface area contributed by atoms with Gasteiger partial charge in [-0.05, 0) is 57.7 Å². The lowest BCUT2D eigenvalue weighted by molar-refractivity contribution is -0.140. The summed E-state index contributed by atoms with van der Waals surface area (Å²) in [6, 6.07) is 6.08. The van der Waals surface area contributed by atoms with Crippen molar-refractivity contribution in [1.29, 1.82) is 0 Å². The Balaban J connectivity index is 2.44. The van der Waals surface area contributed by atoms with Gasteiger partial charge in [-0.25, -0.2) is 0 Å². The van der Waals surface area contributed by atoms with Crippen molar-refractivity contribution in [1.82, 2.24) is 10.6 Å². The van der Waals surface area contributed by atoms with Gasteiger partial charge in [-0.15, -0.1) is 0 Å². The third kappa shape index (κ3) is 10.6. The molecule has 1 aromatic rings. The molecule has 0 atom stereocenters. The molecule has 164 valence electrons. The SMILES string of the molecule is CCNC(=NCCCCCC(=O)OC)NCCc1ccc(OCC)c(OCC)c1. The summed E-state index contributed by atoms with van der Waals surface area (Å²) in [6.07, 6.45) is 4.08. The maximum Gasteiger partial charge on any atom is 0.305 e. The molecule has 0 heterocycles. The predicted octanol–water partition coefficient (Wildman–Crippen LogP) is 3.32. The number of aliphatic imine (C=N–C) groups is 1. The standard InChI is InChI=1S/C22H37N3O4/c1-5-23-22(24-15-10-8-9-11-21(26)27-4)25-16-14-18-12-13-19(28-6-2)20(17-18)29-7-3/h12-13,17H,5-11,14-16H2,1-4H3,(H2,23,24,25). The van der Waals surface area contributed by atoms with E-state index in [1.807, 2.05) is 32.9 Å². The fraction of sp³-hybridized carbons (Fsp3) is 0.636. The van der Waals surface area contributed by atoms with Gasteiger partial charge in [0, 0.05) is 26.1 Å². The van der Waals surface area contributed by atoms with Gasteiger partial charge >= 0.3 is 5.97 Å². The monoisotopic (exact) mass is 407 g/mol. The molecule has 0 unspecified atom stereocenters. The molecular formula is C22H37N3O4. The summed E-state index contributed by atoms with van der Waals surface area (Å²) in [5.74, 6) is 2.24. The quantitative estimate of drug-likeness (QED) is 0.213. The lowest BCUT2D eigenvalue weighted by atomic mass is 10.1. The van der Waals surface area contributed by atoms with Crippen molar-refractivity contribution in [3.8, 4) is 11.5 Å². The number of nitrogens with one attached hydrogen (secondary N) is 2. The minimum absolute atomic E-state index is 0.148. The van der Waals surface area contributed by atoms with Crippen molar-refractivity contribution >= 4 is 11.9 Å². The van der Waals surface area contributed by atoms with Crippen LogP contribution in [0.2, 0.25) is 0 Å². The molecule has 0 saturated carbocycles. The first-order valence-electron chi connectivity index (χ1n) is 10.6. The van der Waals surface area contributed by atoms with Crippen molar-refractivity contribution in [3.05, 3.63) is 23.8 Å². The Labute approximate surface area is 175 Å². The molecule has 7 nitrogen and oxygen atoms in total. The summed E-state index contributed by atoms with van der Waals surface area (Å²) in [4.78, 5) is 15.7.